The molecule has 0 aliphatic rings. The van der Waals surface area contributed by atoms with E-state index in [9.17, 15) is 38.9 Å². The van der Waals surface area contributed by atoms with E-state index in [0.717, 1.165) is 30.3 Å². The summed E-state index contributed by atoms with van der Waals surface area (Å²) >= 11 is 0. The van der Waals surface area contributed by atoms with Crippen molar-refractivity contribution in [2.75, 3.05) is 5.73 Å². The molecule has 0 aliphatic carbocycles. The normalized spacial score (nSPS) is 13.6. The summed E-state index contributed by atoms with van der Waals surface area (Å²) in [6.45, 7) is 0. The zero-order valence-corrected chi connectivity index (χ0v) is 16.4. The second kappa shape index (κ2) is 5.75. The van der Waals surface area contributed by atoms with Gasteiger partial charge in [0.15, 0.2) is 0 Å². The van der Waals surface area contributed by atoms with Crippen molar-refractivity contribution in [2.45, 2.75) is 14.7 Å². The van der Waals surface area contributed by atoms with Gasteiger partial charge in [0.2, 0.25) is 0 Å². The van der Waals surface area contributed by atoms with E-state index in [0.29, 0.717) is 0 Å². The minimum atomic E-state index is -5.18. The molecule has 152 valence electrons. The smallest absolute Gasteiger partial charge is 0.125 e. The molecular weight excluding hydrogens is 446 g/mol. The number of anilines is 1. The number of nitrogens with two attached hydrogens (primary N) is 1. The Labute approximate surface area is 164 Å². The van der Waals surface area contributed by atoms with Crippen LogP contribution in [0, 0.1) is 0 Å². The summed E-state index contributed by atoms with van der Waals surface area (Å²) in [5, 5.41) is -0.996. The lowest BCUT2D eigenvalue weighted by molar-refractivity contribution is 0.461. The molecule has 0 saturated heterocycles. The van der Waals surface area contributed by atoms with Gasteiger partial charge in [0.25, 0.3) is 0 Å². The molecule has 2 N–H and O–H groups in total. The Balaban J connectivity index is 2.50. The fourth-order valence-electron chi connectivity index (χ4n) is 3.56. The average Bonchev–Trinajstić information content (AvgIpc) is 2.56. The molecule has 0 aromatic heterocycles. The molecule has 0 fully saturated rings. The van der Waals surface area contributed by atoms with Crippen molar-refractivity contribution in [1.82, 2.24) is 0 Å². The maximum Gasteiger partial charge on any atom is 0.125 e. The van der Waals surface area contributed by atoms with E-state index >= 15 is 0 Å². The third-order valence-electron chi connectivity index (χ3n) is 4.62. The van der Waals surface area contributed by atoms with Crippen LogP contribution in [0.15, 0.2) is 51.1 Å². The zero-order chi connectivity index (χ0) is 21.5. The number of rotatable bonds is 3. The van der Waals surface area contributed by atoms with E-state index in [-0.39, 0.29) is 32.6 Å². The third kappa shape index (κ3) is 2.90. The molecule has 0 bridgehead atoms. The number of benzene rings is 4. The van der Waals surface area contributed by atoms with Gasteiger partial charge < -0.3 is 19.4 Å². The van der Waals surface area contributed by atoms with E-state index in [1.54, 1.807) is 0 Å². The summed E-state index contributed by atoms with van der Waals surface area (Å²) in [7, 11) is -15.3. The minimum absolute atomic E-state index is 0.0486. The molecule has 4 rings (SSSR count). The molecule has 0 amide bonds. The Morgan fingerprint density at radius 2 is 0.966 bits per heavy atom. The van der Waals surface area contributed by atoms with Gasteiger partial charge in [-0.25, -0.2) is 25.3 Å². The van der Waals surface area contributed by atoms with Crippen LogP contribution in [0.3, 0.4) is 0 Å². The van der Waals surface area contributed by atoms with Crippen LogP contribution < -0.4 is 5.73 Å². The molecule has 0 spiro atoms. The molecule has 0 heterocycles. The highest BCUT2D eigenvalue weighted by Crippen LogP contribution is 2.44. The van der Waals surface area contributed by atoms with Gasteiger partial charge in [-0.15, -0.1) is 0 Å². The first kappa shape index (κ1) is 19.8. The molecule has 0 saturated carbocycles. The quantitative estimate of drug-likeness (QED) is 0.263. The Hall–Kier alpha value is -2.55. The van der Waals surface area contributed by atoms with Gasteiger partial charge in [0.05, 0.1) is 14.7 Å². The lowest BCUT2D eigenvalue weighted by Gasteiger charge is -2.22. The summed E-state index contributed by atoms with van der Waals surface area (Å²) < 4.78 is 106. The summed E-state index contributed by atoms with van der Waals surface area (Å²) in [6.07, 6.45) is 0. The van der Waals surface area contributed by atoms with Crippen molar-refractivity contribution in [3.05, 3.63) is 36.4 Å². The maximum atomic E-state index is 11.8. The van der Waals surface area contributed by atoms with E-state index in [1.807, 2.05) is 0 Å². The molecule has 4 aromatic carbocycles. The highest BCUT2D eigenvalue weighted by atomic mass is 32.2. The first-order valence-corrected chi connectivity index (χ1v) is 11.9. The second-order valence-electron chi connectivity index (χ2n) is 6.27. The van der Waals surface area contributed by atoms with E-state index in [1.165, 1.54) is 6.07 Å². The summed E-state index contributed by atoms with van der Waals surface area (Å²) in [5.41, 5.74) is 5.88. The van der Waals surface area contributed by atoms with Crippen LogP contribution in [0.2, 0.25) is 0 Å². The van der Waals surface area contributed by atoms with Crippen molar-refractivity contribution in [2.24, 2.45) is 0 Å². The van der Waals surface area contributed by atoms with Gasteiger partial charge in [-0.2, -0.15) is 0 Å². The number of nitrogen functional groups attached to an aromatic ring is 1. The molecule has 10 nitrogen and oxygen atoms in total. The molecule has 0 unspecified atom stereocenters. The van der Waals surface area contributed by atoms with Gasteiger partial charge in [0, 0.05) is 38.0 Å². The molecule has 29 heavy (non-hydrogen) atoms. The zero-order valence-electron chi connectivity index (χ0n) is 13.9. The average molecular weight is 454 g/mol. The van der Waals surface area contributed by atoms with Crippen LogP contribution in [0.5, 0.6) is 0 Å². The molecule has 13 heteroatoms. The predicted octanol–water partition coefficient (Wildman–Crippen LogP) is 0.879. The molecular formula is C16H8NO9S3-3. The summed E-state index contributed by atoms with van der Waals surface area (Å²) in [6, 6.07) is 5.76. The van der Waals surface area contributed by atoms with Crippen LogP contribution >= 0.6 is 0 Å². The van der Waals surface area contributed by atoms with Gasteiger partial charge >= 0.3 is 0 Å². The van der Waals surface area contributed by atoms with Crippen molar-refractivity contribution in [3.63, 3.8) is 0 Å². The van der Waals surface area contributed by atoms with Crippen LogP contribution in [0.1, 0.15) is 0 Å². The third-order valence-corrected chi connectivity index (χ3v) is 7.29. The Bertz CT molecular complexity index is 1670. The topological polar surface area (TPSA) is 198 Å². The Morgan fingerprint density at radius 1 is 0.552 bits per heavy atom. The number of hydrogen-bond donors (Lipinski definition) is 1. The fourth-order valence-corrected chi connectivity index (χ4v) is 5.59. The predicted molar refractivity (Wildman–Crippen MR) is 98.4 cm³/mol. The lowest BCUT2D eigenvalue weighted by Crippen LogP contribution is -2.07. The van der Waals surface area contributed by atoms with Crippen LogP contribution in [0.25, 0.3) is 32.3 Å². The number of hydrogen-bond acceptors (Lipinski definition) is 10. The first-order valence-electron chi connectivity index (χ1n) is 7.63. The monoisotopic (exact) mass is 454 g/mol. The Morgan fingerprint density at radius 3 is 1.45 bits per heavy atom. The molecule has 0 aliphatic heterocycles. The Kier molecular flexibility index (Phi) is 3.91. The van der Waals surface area contributed by atoms with Gasteiger partial charge in [0.1, 0.15) is 30.4 Å². The van der Waals surface area contributed by atoms with Gasteiger partial charge in [-0.1, -0.05) is 12.1 Å². The first-order chi connectivity index (χ1) is 13.2. The van der Waals surface area contributed by atoms with Crippen molar-refractivity contribution < 1.29 is 38.9 Å². The summed E-state index contributed by atoms with van der Waals surface area (Å²) in [5.74, 6) is 0. The maximum absolute atomic E-state index is 11.8. The fraction of sp³-hybridized carbons (Fsp3) is 0. The van der Waals surface area contributed by atoms with E-state index in [4.69, 9.17) is 5.73 Å². The van der Waals surface area contributed by atoms with Crippen LogP contribution in [-0.2, 0) is 30.4 Å². The highest BCUT2D eigenvalue weighted by Gasteiger charge is 2.22. The molecule has 4 aromatic rings. The lowest BCUT2D eigenvalue weighted by atomic mass is 9.93. The molecule has 0 radical (unpaired) electrons. The largest absolute Gasteiger partial charge is 0.744 e. The van der Waals surface area contributed by atoms with Crippen LogP contribution in [0.4, 0.5) is 5.69 Å². The van der Waals surface area contributed by atoms with Crippen molar-refractivity contribution in [3.8, 4) is 0 Å². The van der Waals surface area contributed by atoms with Gasteiger partial charge in [-0.05, 0) is 24.3 Å². The van der Waals surface area contributed by atoms with E-state index in [2.05, 4.69) is 0 Å². The highest BCUT2D eigenvalue weighted by molar-refractivity contribution is 7.86. The van der Waals surface area contributed by atoms with Crippen molar-refractivity contribution in [1.29, 1.82) is 0 Å². The standard InChI is InChI=1S/C16H11NO9S3/c17-11-5-9-12(27(18,19)20)4-2-8-14(29(24,25)26)6-10-13(28(21,22)23)3-1-7(11)15(10)16(8)9/h1-6H,17H2,(H,18,19,20)(H,21,22,23)(H,24,25,26)/p-3. The summed E-state index contributed by atoms with van der Waals surface area (Å²) in [4.78, 5) is -2.43. The van der Waals surface area contributed by atoms with Crippen LogP contribution in [-0.4, -0.2) is 38.9 Å². The SMILES string of the molecule is Nc1cc2c(S(=O)(=O)[O-])ccc3c(S(=O)(=O)[O-])cc4c(S(=O)(=O)[O-])ccc1c4c32. The molecule has 0 atom stereocenters. The van der Waals surface area contributed by atoms with E-state index < -0.39 is 50.4 Å². The minimum Gasteiger partial charge on any atom is -0.744 e. The van der Waals surface area contributed by atoms with Gasteiger partial charge in [-0.3, -0.25) is 0 Å². The second-order valence-corrected chi connectivity index (χ2v) is 10.3. The van der Waals surface area contributed by atoms with Crippen molar-refractivity contribution >= 4 is 68.4 Å².